The smallest absolute Gasteiger partial charge is 0.251 e. The number of ether oxygens (including phenoxy) is 1. The number of carbonyl (C=O) groups is 2. The van der Waals surface area contributed by atoms with Gasteiger partial charge < -0.3 is 19.6 Å². The number of thioether (sulfide) groups is 1. The molecule has 1 aliphatic rings. The number of benzene rings is 1. The highest BCUT2D eigenvalue weighted by Crippen LogP contribution is 2.28. The second-order valence-corrected chi connectivity index (χ2v) is 6.26. The largest absolute Gasteiger partial charge is 0.495 e. The quantitative estimate of drug-likeness (QED) is 0.837. The SMILES string of the molecule is COc1ccccc1N1CCN(C(=O)[C@H](O)CCSC)CC1=O. The third-order valence-electron chi connectivity index (χ3n) is 3.79. The lowest BCUT2D eigenvalue weighted by molar-refractivity contribution is -0.144. The van der Waals surface area contributed by atoms with Gasteiger partial charge in [-0.15, -0.1) is 0 Å². The predicted molar refractivity (Wildman–Crippen MR) is 90.9 cm³/mol. The maximum Gasteiger partial charge on any atom is 0.251 e. The summed E-state index contributed by atoms with van der Waals surface area (Å²) in [5.41, 5.74) is 0.704. The third-order valence-corrected chi connectivity index (χ3v) is 4.43. The number of para-hydroxylation sites is 2. The number of hydrogen-bond donors (Lipinski definition) is 1. The van der Waals surface area contributed by atoms with Crippen LogP contribution < -0.4 is 9.64 Å². The summed E-state index contributed by atoms with van der Waals surface area (Å²) in [4.78, 5) is 27.6. The van der Waals surface area contributed by atoms with Crippen molar-refractivity contribution in [2.75, 3.05) is 43.7 Å². The van der Waals surface area contributed by atoms with Crippen LogP contribution in [0.5, 0.6) is 5.75 Å². The molecule has 1 aliphatic heterocycles. The highest BCUT2D eigenvalue weighted by atomic mass is 32.2. The molecule has 2 rings (SSSR count). The van der Waals surface area contributed by atoms with E-state index in [0.717, 1.165) is 0 Å². The summed E-state index contributed by atoms with van der Waals surface area (Å²) in [6.45, 7) is 0.770. The van der Waals surface area contributed by atoms with Gasteiger partial charge in [0.25, 0.3) is 5.91 Å². The zero-order valence-electron chi connectivity index (χ0n) is 13.4. The van der Waals surface area contributed by atoms with Crippen molar-refractivity contribution >= 4 is 29.3 Å². The van der Waals surface area contributed by atoms with Crippen molar-refractivity contribution in [1.82, 2.24) is 4.90 Å². The Kier molecular flexibility index (Phi) is 6.29. The molecule has 23 heavy (non-hydrogen) atoms. The molecule has 1 saturated heterocycles. The number of aliphatic hydroxyl groups is 1. The van der Waals surface area contributed by atoms with E-state index in [2.05, 4.69) is 0 Å². The van der Waals surface area contributed by atoms with Crippen LogP contribution in [0.3, 0.4) is 0 Å². The molecule has 0 aromatic heterocycles. The second-order valence-electron chi connectivity index (χ2n) is 5.27. The predicted octanol–water partition coefficient (Wildman–Crippen LogP) is 0.984. The van der Waals surface area contributed by atoms with E-state index in [1.165, 1.54) is 4.90 Å². The van der Waals surface area contributed by atoms with Crippen molar-refractivity contribution in [1.29, 1.82) is 0 Å². The van der Waals surface area contributed by atoms with E-state index >= 15 is 0 Å². The Bertz CT molecular complexity index is 567. The van der Waals surface area contributed by atoms with Crippen LogP contribution in [0.15, 0.2) is 24.3 Å². The molecule has 1 N–H and O–H groups in total. The number of anilines is 1. The Labute approximate surface area is 140 Å². The zero-order valence-corrected chi connectivity index (χ0v) is 14.2. The average Bonchev–Trinajstić information content (AvgIpc) is 2.58. The molecule has 0 aliphatic carbocycles. The fourth-order valence-electron chi connectivity index (χ4n) is 2.53. The maximum atomic E-state index is 12.4. The van der Waals surface area contributed by atoms with Gasteiger partial charge in [0.1, 0.15) is 18.4 Å². The molecule has 1 heterocycles. The standard InChI is InChI=1S/C16H22N2O4S/c1-22-14-6-4-3-5-12(14)18-9-8-17(11-15(18)20)16(21)13(19)7-10-23-2/h3-6,13,19H,7-11H2,1-2H3/t13-/m1/s1. The first-order chi connectivity index (χ1) is 11.1. The number of hydrogen-bond acceptors (Lipinski definition) is 5. The molecule has 0 unspecified atom stereocenters. The van der Waals surface area contributed by atoms with Crippen molar-refractivity contribution in [3.8, 4) is 5.75 Å². The van der Waals surface area contributed by atoms with Crippen LogP contribution in [0.1, 0.15) is 6.42 Å². The molecule has 0 spiro atoms. The van der Waals surface area contributed by atoms with E-state index in [-0.39, 0.29) is 18.4 Å². The summed E-state index contributed by atoms with van der Waals surface area (Å²) in [6.07, 6.45) is 1.29. The number of methoxy groups -OCH3 is 1. The molecule has 1 aromatic rings. The highest BCUT2D eigenvalue weighted by Gasteiger charge is 2.31. The van der Waals surface area contributed by atoms with Gasteiger partial charge in [0.15, 0.2) is 0 Å². The fourth-order valence-corrected chi connectivity index (χ4v) is 2.99. The Morgan fingerprint density at radius 1 is 1.39 bits per heavy atom. The normalized spacial score (nSPS) is 16.4. The topological polar surface area (TPSA) is 70.1 Å². The van der Waals surface area contributed by atoms with Crippen molar-refractivity contribution in [3.63, 3.8) is 0 Å². The highest BCUT2D eigenvalue weighted by molar-refractivity contribution is 7.98. The van der Waals surface area contributed by atoms with Gasteiger partial charge in [-0.1, -0.05) is 12.1 Å². The average molecular weight is 338 g/mol. The minimum atomic E-state index is -1.03. The maximum absolute atomic E-state index is 12.4. The lowest BCUT2D eigenvalue weighted by Gasteiger charge is -2.35. The molecule has 0 bridgehead atoms. The Morgan fingerprint density at radius 3 is 2.78 bits per heavy atom. The van der Waals surface area contributed by atoms with Gasteiger partial charge in [-0.2, -0.15) is 11.8 Å². The minimum absolute atomic E-state index is 0.0206. The first-order valence-electron chi connectivity index (χ1n) is 7.47. The molecule has 1 fully saturated rings. The van der Waals surface area contributed by atoms with Crippen LogP contribution in [0, 0.1) is 0 Å². The zero-order chi connectivity index (χ0) is 16.8. The van der Waals surface area contributed by atoms with E-state index in [1.807, 2.05) is 24.5 Å². The third kappa shape index (κ3) is 4.17. The monoisotopic (exact) mass is 338 g/mol. The van der Waals surface area contributed by atoms with E-state index in [4.69, 9.17) is 4.74 Å². The molecule has 0 radical (unpaired) electrons. The van der Waals surface area contributed by atoms with Crippen LogP contribution in [0.2, 0.25) is 0 Å². The van der Waals surface area contributed by atoms with Gasteiger partial charge in [0.05, 0.1) is 12.8 Å². The van der Waals surface area contributed by atoms with Gasteiger partial charge in [0, 0.05) is 13.1 Å². The number of piperazine rings is 1. The van der Waals surface area contributed by atoms with Gasteiger partial charge in [-0.05, 0) is 30.6 Å². The summed E-state index contributed by atoms with van der Waals surface area (Å²) in [5.74, 6) is 0.793. The number of aliphatic hydroxyl groups excluding tert-OH is 1. The Hall–Kier alpha value is -1.73. The summed E-state index contributed by atoms with van der Waals surface area (Å²) in [7, 11) is 1.56. The van der Waals surface area contributed by atoms with Crippen molar-refractivity contribution in [2.24, 2.45) is 0 Å². The number of nitrogens with zero attached hydrogens (tertiary/aromatic N) is 2. The van der Waals surface area contributed by atoms with Crippen LogP contribution in [-0.4, -0.2) is 66.7 Å². The van der Waals surface area contributed by atoms with Crippen molar-refractivity contribution in [3.05, 3.63) is 24.3 Å². The summed E-state index contributed by atoms with van der Waals surface area (Å²) in [5, 5.41) is 9.90. The molecule has 7 heteroatoms. The molecule has 2 amide bonds. The molecular formula is C16H22N2O4S. The molecule has 6 nitrogen and oxygen atoms in total. The Morgan fingerprint density at radius 2 is 2.13 bits per heavy atom. The molecule has 1 atom stereocenters. The minimum Gasteiger partial charge on any atom is -0.495 e. The first-order valence-corrected chi connectivity index (χ1v) is 8.87. The van der Waals surface area contributed by atoms with Gasteiger partial charge in [-0.3, -0.25) is 9.59 Å². The van der Waals surface area contributed by atoms with Crippen LogP contribution in [-0.2, 0) is 9.59 Å². The van der Waals surface area contributed by atoms with Crippen LogP contribution >= 0.6 is 11.8 Å². The number of rotatable bonds is 6. The summed E-state index contributed by atoms with van der Waals surface area (Å²) >= 11 is 1.58. The second kappa shape index (κ2) is 8.21. The summed E-state index contributed by atoms with van der Waals surface area (Å²) < 4.78 is 5.29. The molecule has 126 valence electrons. The fraction of sp³-hybridized carbons (Fsp3) is 0.500. The number of carbonyl (C=O) groups excluding carboxylic acids is 2. The molecule has 0 saturated carbocycles. The van der Waals surface area contributed by atoms with Gasteiger partial charge in [0.2, 0.25) is 5.91 Å². The van der Waals surface area contributed by atoms with Gasteiger partial charge >= 0.3 is 0 Å². The van der Waals surface area contributed by atoms with Crippen LogP contribution in [0.25, 0.3) is 0 Å². The lowest BCUT2D eigenvalue weighted by Crippen LogP contribution is -2.54. The molecule has 1 aromatic carbocycles. The van der Waals surface area contributed by atoms with Gasteiger partial charge in [-0.25, -0.2) is 0 Å². The van der Waals surface area contributed by atoms with E-state index in [9.17, 15) is 14.7 Å². The van der Waals surface area contributed by atoms with Crippen molar-refractivity contribution < 1.29 is 19.4 Å². The van der Waals surface area contributed by atoms with Crippen molar-refractivity contribution in [2.45, 2.75) is 12.5 Å². The van der Waals surface area contributed by atoms with E-state index in [1.54, 1.807) is 29.8 Å². The first kappa shape index (κ1) is 17.6. The number of amides is 2. The molecular weight excluding hydrogens is 316 g/mol. The van der Waals surface area contributed by atoms with Crippen LogP contribution in [0.4, 0.5) is 5.69 Å². The lowest BCUT2D eigenvalue weighted by atomic mass is 10.2. The summed E-state index contributed by atoms with van der Waals surface area (Å²) in [6, 6.07) is 7.30. The Balaban J connectivity index is 2.02. The van der Waals surface area contributed by atoms with E-state index < -0.39 is 6.10 Å². The van der Waals surface area contributed by atoms with E-state index in [0.29, 0.717) is 36.7 Å².